The van der Waals surface area contributed by atoms with Crippen LogP contribution >= 0.6 is 0 Å². The Labute approximate surface area is 169 Å². The largest absolute Gasteiger partial charge is 0.454 e. The molecule has 3 fully saturated rings. The molecule has 1 aromatic carbocycles. The van der Waals surface area contributed by atoms with Gasteiger partial charge in [0, 0.05) is 6.07 Å². The van der Waals surface area contributed by atoms with E-state index >= 15 is 0 Å². The molecule has 0 saturated carbocycles. The first kappa shape index (κ1) is 20.3. The maximum Gasteiger partial charge on any atom is 0.338 e. The number of benzene rings is 1. The molecular weight excluding hydrogens is 404 g/mol. The molecule has 0 amide bonds. The molecule has 10 nitrogen and oxygen atoms in total. The Morgan fingerprint density at radius 3 is 2.60 bits per heavy atom. The number of guanidine groups is 1. The van der Waals surface area contributed by atoms with E-state index in [2.05, 4.69) is 17.2 Å². The molecule has 1 aromatic rings. The number of hydrogen-bond acceptors (Lipinski definition) is 8. The summed E-state index contributed by atoms with van der Waals surface area (Å²) in [6, 6.07) is 0.576. The molecule has 12 heteroatoms. The van der Waals surface area contributed by atoms with Crippen molar-refractivity contribution in [1.29, 1.82) is 5.41 Å². The molecule has 30 heavy (non-hydrogen) atoms. The number of hydroxylamine groups is 2. The van der Waals surface area contributed by atoms with Gasteiger partial charge in [0.2, 0.25) is 0 Å². The van der Waals surface area contributed by atoms with E-state index in [1.165, 1.54) is 11.8 Å². The second kappa shape index (κ2) is 6.52. The molecule has 0 aliphatic carbocycles. The summed E-state index contributed by atoms with van der Waals surface area (Å²) in [5.74, 6) is -3.23. The number of rotatable bonds is 3. The number of hydrogen-bond donors (Lipinski definition) is 6. The predicted octanol–water partition coefficient (Wildman–Crippen LogP) is -0.714. The van der Waals surface area contributed by atoms with Gasteiger partial charge in [-0.1, -0.05) is 6.58 Å². The molecule has 1 spiro atoms. The Kier molecular flexibility index (Phi) is 4.42. The molecule has 6 N–H and O–H groups in total. The Balaban J connectivity index is 1.72. The highest BCUT2D eigenvalue weighted by Gasteiger charge is 2.76. The first-order valence-electron chi connectivity index (χ1n) is 9.11. The van der Waals surface area contributed by atoms with Crippen LogP contribution in [0.4, 0.5) is 8.78 Å². The van der Waals surface area contributed by atoms with Crippen LogP contribution < -0.4 is 10.6 Å². The highest BCUT2D eigenvalue weighted by atomic mass is 19.1. The van der Waals surface area contributed by atoms with Crippen LogP contribution in [0.25, 0.3) is 0 Å². The van der Waals surface area contributed by atoms with Crippen LogP contribution in [0.3, 0.4) is 0 Å². The number of carbonyl (C=O) groups is 1. The predicted molar refractivity (Wildman–Crippen MR) is 97.0 cm³/mol. The number of nitrogens with zero attached hydrogens (tertiary/aromatic N) is 2. The number of aliphatic hydroxyl groups excluding tert-OH is 1. The molecule has 2 unspecified atom stereocenters. The summed E-state index contributed by atoms with van der Waals surface area (Å²) in [7, 11) is 0. The van der Waals surface area contributed by atoms with Crippen molar-refractivity contribution in [3.63, 3.8) is 0 Å². The van der Waals surface area contributed by atoms with Crippen molar-refractivity contribution in [1.82, 2.24) is 20.6 Å². The molecule has 0 aromatic heterocycles. The van der Waals surface area contributed by atoms with E-state index in [9.17, 15) is 29.0 Å². The van der Waals surface area contributed by atoms with Crippen LogP contribution in [-0.2, 0) is 4.74 Å². The van der Waals surface area contributed by atoms with Crippen LogP contribution in [0, 0.1) is 17.0 Å². The van der Waals surface area contributed by atoms with Gasteiger partial charge in [-0.15, -0.1) is 0 Å². The third kappa shape index (κ3) is 2.50. The molecule has 3 saturated heterocycles. The van der Waals surface area contributed by atoms with Crippen molar-refractivity contribution in [2.45, 2.75) is 36.4 Å². The summed E-state index contributed by atoms with van der Waals surface area (Å²) in [5, 5.41) is 46.6. The second-order valence-corrected chi connectivity index (χ2v) is 7.70. The van der Waals surface area contributed by atoms with Gasteiger partial charge in [-0.2, -0.15) is 0 Å². The van der Waals surface area contributed by atoms with E-state index in [1.54, 1.807) is 0 Å². The van der Waals surface area contributed by atoms with Crippen molar-refractivity contribution < 1.29 is 33.7 Å². The Morgan fingerprint density at radius 2 is 2.00 bits per heavy atom. The zero-order chi connectivity index (χ0) is 22.0. The van der Waals surface area contributed by atoms with E-state index in [1.807, 2.05) is 0 Å². The minimum Gasteiger partial charge on any atom is -0.454 e. The van der Waals surface area contributed by atoms with Gasteiger partial charge < -0.3 is 30.5 Å². The first-order chi connectivity index (χ1) is 14.0. The third-order valence-electron chi connectivity index (χ3n) is 6.00. The monoisotopic (exact) mass is 425 g/mol. The average Bonchev–Trinajstić information content (AvgIpc) is 3.07. The van der Waals surface area contributed by atoms with Crippen LogP contribution in [-0.4, -0.2) is 79.9 Å². The third-order valence-corrected chi connectivity index (χ3v) is 6.00. The number of aliphatic hydroxyl groups is 2. The van der Waals surface area contributed by atoms with Gasteiger partial charge in [0.1, 0.15) is 23.1 Å². The first-order valence-corrected chi connectivity index (χ1v) is 9.11. The molecule has 3 heterocycles. The van der Waals surface area contributed by atoms with Crippen LogP contribution in [0.2, 0.25) is 0 Å². The van der Waals surface area contributed by atoms with Gasteiger partial charge in [0.25, 0.3) is 0 Å². The number of nitrogens with one attached hydrogen (secondary N) is 3. The summed E-state index contributed by atoms with van der Waals surface area (Å²) in [4.78, 5) is 13.8. The van der Waals surface area contributed by atoms with Gasteiger partial charge >= 0.3 is 5.97 Å². The van der Waals surface area contributed by atoms with Gasteiger partial charge in [-0.3, -0.25) is 10.6 Å². The highest BCUT2D eigenvalue weighted by Crippen LogP contribution is 2.50. The molecule has 162 valence electrons. The maximum absolute atomic E-state index is 13.5. The zero-order valence-corrected chi connectivity index (χ0v) is 15.9. The lowest BCUT2D eigenvalue weighted by atomic mass is 9.79. The molecule has 3 aliphatic heterocycles. The highest BCUT2D eigenvalue weighted by molar-refractivity contribution is 5.90. The van der Waals surface area contributed by atoms with Crippen LogP contribution in [0.1, 0.15) is 17.3 Å². The summed E-state index contributed by atoms with van der Waals surface area (Å²) in [6.45, 7) is 4.34. The minimum atomic E-state index is -2.00. The quantitative estimate of drug-likeness (QED) is 0.346. The average molecular weight is 425 g/mol. The van der Waals surface area contributed by atoms with Gasteiger partial charge in [-0.25, -0.2) is 18.6 Å². The van der Waals surface area contributed by atoms with Gasteiger partial charge in [0.05, 0.1) is 30.8 Å². The summed E-state index contributed by atoms with van der Waals surface area (Å²) in [5.41, 5.74) is -4.13. The smallest absolute Gasteiger partial charge is 0.338 e. The standard InChI is InChI=1S/C18H21F2N5O5/c1-8-22-14-12(7-26)23-16(21)24-6-13(17(2,28)18(14,24)25(8)29)30-15(27)9-3-10(19)5-11(20)4-9/h3-5,12-14,22,26,28-29H,1,6-7H2,2H3,(H2,21,23)/t12-,13-,14?,17-,18?/m0/s1. The number of carbonyl (C=O) groups excluding carboxylic acids is 1. The number of ether oxygens (including phenoxy) is 1. The minimum absolute atomic E-state index is 0.0133. The summed E-state index contributed by atoms with van der Waals surface area (Å²) in [6.07, 6.45) is -1.30. The molecule has 3 aliphatic rings. The Hall–Kier alpha value is -2.96. The molecule has 4 rings (SSSR count). The van der Waals surface area contributed by atoms with Crippen LogP contribution in [0.5, 0.6) is 0 Å². The van der Waals surface area contributed by atoms with Crippen LogP contribution in [0.15, 0.2) is 30.6 Å². The molecule has 0 radical (unpaired) electrons. The lowest BCUT2D eigenvalue weighted by Gasteiger charge is -2.53. The molecular formula is C18H21F2N5O5. The zero-order valence-electron chi connectivity index (χ0n) is 15.9. The van der Waals surface area contributed by atoms with Gasteiger partial charge in [0.15, 0.2) is 17.7 Å². The number of halogens is 2. The Bertz CT molecular complexity index is 923. The second-order valence-electron chi connectivity index (χ2n) is 7.70. The fourth-order valence-electron chi connectivity index (χ4n) is 4.63. The van der Waals surface area contributed by atoms with Crippen molar-refractivity contribution in [3.05, 3.63) is 47.8 Å². The van der Waals surface area contributed by atoms with Crippen molar-refractivity contribution in [2.24, 2.45) is 0 Å². The number of esters is 1. The summed E-state index contributed by atoms with van der Waals surface area (Å²) < 4.78 is 32.3. The normalized spacial score (nSPS) is 34.9. The van der Waals surface area contributed by atoms with E-state index < -0.39 is 59.2 Å². The fraction of sp³-hybridized carbons (Fsp3) is 0.444. The van der Waals surface area contributed by atoms with Crippen molar-refractivity contribution in [2.75, 3.05) is 13.2 Å². The van der Waals surface area contributed by atoms with E-state index in [0.717, 1.165) is 12.1 Å². The lowest BCUT2D eigenvalue weighted by molar-refractivity contribution is -0.242. The van der Waals surface area contributed by atoms with E-state index in [4.69, 9.17) is 10.1 Å². The SMILES string of the molecule is C=C1NC2[C@H](CO)NC(=N)N3C[C@H](OC(=O)c4cc(F)cc(F)c4)[C@](C)(O)C23N1O. The fourth-order valence-corrected chi connectivity index (χ4v) is 4.63. The van der Waals surface area contributed by atoms with Crippen molar-refractivity contribution >= 4 is 11.9 Å². The Morgan fingerprint density at radius 1 is 1.37 bits per heavy atom. The maximum atomic E-state index is 13.5. The lowest BCUT2D eigenvalue weighted by Crippen LogP contribution is -2.80. The van der Waals surface area contributed by atoms with Gasteiger partial charge in [-0.05, 0) is 19.1 Å². The summed E-state index contributed by atoms with van der Waals surface area (Å²) >= 11 is 0. The van der Waals surface area contributed by atoms with E-state index in [0.29, 0.717) is 11.1 Å². The topological polar surface area (TPSA) is 141 Å². The molecule has 0 bridgehead atoms. The van der Waals surface area contributed by atoms with E-state index in [-0.39, 0.29) is 18.3 Å². The molecule has 5 atom stereocenters. The van der Waals surface area contributed by atoms with Crippen molar-refractivity contribution in [3.8, 4) is 0 Å².